The fourth-order valence-corrected chi connectivity index (χ4v) is 3.30. The van der Waals surface area contributed by atoms with Gasteiger partial charge in [0.1, 0.15) is 0 Å². The monoisotopic (exact) mass is 366 g/mol. The maximum Gasteiger partial charge on any atom is 0.335 e. The van der Waals surface area contributed by atoms with Gasteiger partial charge in [0.2, 0.25) is 11.8 Å². The number of hydrogen-bond donors (Lipinski definition) is 3. The molecule has 2 aromatic rings. The first-order valence-electron chi connectivity index (χ1n) is 9.00. The lowest BCUT2D eigenvalue weighted by Crippen LogP contribution is -2.28. The zero-order valence-electron chi connectivity index (χ0n) is 15.1. The molecule has 2 amide bonds. The average molecular weight is 366 g/mol. The second-order valence-corrected chi connectivity index (χ2v) is 6.64. The maximum atomic E-state index is 12.2. The third kappa shape index (κ3) is 4.34. The summed E-state index contributed by atoms with van der Waals surface area (Å²) in [6, 6.07) is 12.3. The molecule has 0 saturated carbocycles. The van der Waals surface area contributed by atoms with Crippen LogP contribution < -0.4 is 10.6 Å². The minimum absolute atomic E-state index is 0.0401. The molecule has 27 heavy (non-hydrogen) atoms. The highest BCUT2D eigenvalue weighted by Gasteiger charge is 2.30. The first kappa shape index (κ1) is 18.6. The van der Waals surface area contributed by atoms with Gasteiger partial charge in [-0.3, -0.25) is 9.59 Å². The molecule has 1 unspecified atom stereocenters. The lowest BCUT2D eigenvalue weighted by atomic mass is 9.95. The zero-order chi connectivity index (χ0) is 19.4. The summed E-state index contributed by atoms with van der Waals surface area (Å²) in [5.74, 6) is -1.52. The molecule has 1 aliphatic rings. The highest BCUT2D eigenvalue weighted by Crippen LogP contribution is 2.35. The van der Waals surface area contributed by atoms with Crippen LogP contribution in [0.25, 0.3) is 0 Å². The minimum Gasteiger partial charge on any atom is -0.478 e. The topological polar surface area (TPSA) is 95.5 Å². The van der Waals surface area contributed by atoms with Gasteiger partial charge in [0.05, 0.1) is 17.9 Å². The molecular formula is C21H22N2O4. The summed E-state index contributed by atoms with van der Waals surface area (Å²) in [6.45, 7) is 2.45. The van der Waals surface area contributed by atoms with Crippen molar-refractivity contribution in [3.05, 3.63) is 64.7 Å². The first-order valence-corrected chi connectivity index (χ1v) is 9.00. The minimum atomic E-state index is -1.02. The summed E-state index contributed by atoms with van der Waals surface area (Å²) in [5, 5.41) is 14.7. The molecule has 140 valence electrons. The Bertz CT molecular complexity index is 892. The molecule has 6 nitrogen and oxygen atoms in total. The summed E-state index contributed by atoms with van der Waals surface area (Å²) < 4.78 is 0. The molecule has 3 N–H and O–H groups in total. The Balaban J connectivity index is 1.56. The Kier molecular flexibility index (Phi) is 5.54. The van der Waals surface area contributed by atoms with E-state index in [-0.39, 0.29) is 29.7 Å². The van der Waals surface area contributed by atoms with Crippen molar-refractivity contribution in [1.29, 1.82) is 0 Å². The lowest BCUT2D eigenvalue weighted by molar-refractivity contribution is -0.121. The van der Waals surface area contributed by atoms with Gasteiger partial charge in [0, 0.05) is 12.2 Å². The van der Waals surface area contributed by atoms with Crippen LogP contribution >= 0.6 is 0 Å². The van der Waals surface area contributed by atoms with Crippen LogP contribution in [-0.2, 0) is 22.4 Å². The van der Waals surface area contributed by atoms with Crippen molar-refractivity contribution in [3.8, 4) is 0 Å². The van der Waals surface area contributed by atoms with E-state index >= 15 is 0 Å². The van der Waals surface area contributed by atoms with Gasteiger partial charge in [-0.25, -0.2) is 4.79 Å². The van der Waals surface area contributed by atoms with Crippen LogP contribution in [0, 0.1) is 0 Å². The summed E-state index contributed by atoms with van der Waals surface area (Å²) in [4.78, 5) is 35.4. The number of fused-ring (bicyclic) bond motifs is 1. The highest BCUT2D eigenvalue weighted by atomic mass is 16.4. The van der Waals surface area contributed by atoms with Crippen LogP contribution in [0.4, 0.5) is 5.69 Å². The van der Waals surface area contributed by atoms with Crippen LogP contribution in [0.2, 0.25) is 0 Å². The fraction of sp³-hybridized carbons (Fsp3) is 0.286. The molecule has 1 heterocycles. The number of aromatic carboxylic acids is 1. The maximum absolute atomic E-state index is 12.2. The number of anilines is 1. The number of hydrogen-bond acceptors (Lipinski definition) is 3. The normalized spacial score (nSPS) is 15.1. The Hall–Kier alpha value is -3.15. The number of aryl methyl sites for hydroxylation is 1. The molecule has 6 heteroatoms. The van der Waals surface area contributed by atoms with Gasteiger partial charge in [-0.1, -0.05) is 31.2 Å². The summed E-state index contributed by atoms with van der Waals surface area (Å²) in [7, 11) is 0. The number of carbonyl (C=O) groups excluding carboxylic acids is 2. The molecule has 1 atom stereocenters. The van der Waals surface area contributed by atoms with Crippen molar-refractivity contribution in [2.45, 2.75) is 32.1 Å². The van der Waals surface area contributed by atoms with E-state index in [1.54, 1.807) is 12.1 Å². The van der Waals surface area contributed by atoms with Crippen LogP contribution in [0.3, 0.4) is 0 Å². The van der Waals surface area contributed by atoms with E-state index in [1.165, 1.54) is 17.7 Å². The molecule has 0 radical (unpaired) electrons. The molecule has 2 aromatic carbocycles. The van der Waals surface area contributed by atoms with Gasteiger partial charge in [0.15, 0.2) is 0 Å². The van der Waals surface area contributed by atoms with E-state index in [9.17, 15) is 14.4 Å². The molecule has 1 aliphatic heterocycles. The van der Waals surface area contributed by atoms with Crippen LogP contribution in [0.5, 0.6) is 0 Å². The molecule has 0 bridgehead atoms. The van der Waals surface area contributed by atoms with Crippen molar-refractivity contribution in [2.75, 3.05) is 11.9 Å². The Morgan fingerprint density at radius 2 is 1.96 bits per heavy atom. The highest BCUT2D eigenvalue weighted by molar-refractivity contribution is 6.03. The van der Waals surface area contributed by atoms with E-state index in [1.807, 2.05) is 12.1 Å². The largest absolute Gasteiger partial charge is 0.478 e. The molecular weight excluding hydrogens is 344 g/mol. The second-order valence-electron chi connectivity index (χ2n) is 6.64. The molecule has 0 fully saturated rings. The Labute approximate surface area is 157 Å². The van der Waals surface area contributed by atoms with Crippen molar-refractivity contribution >= 4 is 23.5 Å². The third-order valence-corrected chi connectivity index (χ3v) is 4.77. The van der Waals surface area contributed by atoms with E-state index in [2.05, 4.69) is 23.6 Å². The third-order valence-electron chi connectivity index (χ3n) is 4.77. The van der Waals surface area contributed by atoms with E-state index in [0.717, 1.165) is 17.7 Å². The molecule has 0 aromatic heterocycles. The van der Waals surface area contributed by atoms with Crippen molar-refractivity contribution in [1.82, 2.24) is 5.32 Å². The molecule has 3 rings (SSSR count). The van der Waals surface area contributed by atoms with E-state index in [4.69, 9.17) is 5.11 Å². The predicted octanol–water partition coefficient (Wildman–Crippen LogP) is 2.73. The van der Waals surface area contributed by atoms with Crippen molar-refractivity contribution in [2.24, 2.45) is 0 Å². The molecule has 0 aliphatic carbocycles. The molecule has 0 spiro atoms. The molecule has 0 saturated heterocycles. The van der Waals surface area contributed by atoms with Gasteiger partial charge in [-0.2, -0.15) is 0 Å². The second kappa shape index (κ2) is 8.03. The van der Waals surface area contributed by atoms with E-state index in [0.29, 0.717) is 18.5 Å². The first-order chi connectivity index (χ1) is 13.0. The number of carbonyl (C=O) groups is 3. The number of benzene rings is 2. The number of carboxylic acids is 1. The van der Waals surface area contributed by atoms with Gasteiger partial charge in [-0.05, 0) is 47.7 Å². The summed E-state index contributed by atoms with van der Waals surface area (Å²) in [5.41, 5.74) is 3.81. The average Bonchev–Trinajstić information content (AvgIpc) is 2.96. The van der Waals surface area contributed by atoms with Crippen LogP contribution in [0.1, 0.15) is 46.3 Å². The SMILES string of the molecule is CCc1ccc2c(c1)C(CCNC(=O)Cc1cccc(C(=O)O)c1)C(=O)N2. The summed E-state index contributed by atoms with van der Waals surface area (Å²) >= 11 is 0. The number of nitrogens with one attached hydrogen (secondary N) is 2. The van der Waals surface area contributed by atoms with Crippen LogP contribution in [-0.4, -0.2) is 29.4 Å². The summed E-state index contributed by atoms with van der Waals surface area (Å²) in [6.07, 6.45) is 1.53. The van der Waals surface area contributed by atoms with Gasteiger partial charge >= 0.3 is 5.97 Å². The van der Waals surface area contributed by atoms with Gasteiger partial charge in [0.25, 0.3) is 0 Å². The Morgan fingerprint density at radius 1 is 1.15 bits per heavy atom. The van der Waals surface area contributed by atoms with Crippen molar-refractivity contribution < 1.29 is 19.5 Å². The lowest BCUT2D eigenvalue weighted by Gasteiger charge is -2.11. The van der Waals surface area contributed by atoms with E-state index < -0.39 is 5.97 Å². The predicted molar refractivity (Wildman–Crippen MR) is 102 cm³/mol. The van der Waals surface area contributed by atoms with Gasteiger partial charge in [-0.15, -0.1) is 0 Å². The van der Waals surface area contributed by atoms with Gasteiger partial charge < -0.3 is 15.7 Å². The number of amides is 2. The zero-order valence-corrected chi connectivity index (χ0v) is 15.1. The number of carboxylic acid groups (broad SMARTS) is 1. The van der Waals surface area contributed by atoms with Crippen molar-refractivity contribution in [3.63, 3.8) is 0 Å². The Morgan fingerprint density at radius 3 is 2.70 bits per heavy atom. The standard InChI is InChI=1S/C21H22N2O4/c1-2-13-6-7-18-17(11-13)16(20(25)23-18)8-9-22-19(24)12-14-4-3-5-15(10-14)21(26)27/h3-7,10-11,16H,2,8-9,12H2,1H3,(H,22,24)(H,23,25)(H,26,27). The van der Waals surface area contributed by atoms with Crippen LogP contribution in [0.15, 0.2) is 42.5 Å². The smallest absolute Gasteiger partial charge is 0.335 e. The number of rotatable bonds is 7. The fourth-order valence-electron chi connectivity index (χ4n) is 3.30. The quantitative estimate of drug-likeness (QED) is 0.702.